The number of fused-ring (bicyclic) bond motifs is 5. The number of rotatable bonds is 5. The van der Waals surface area contributed by atoms with E-state index < -0.39 is 17.7 Å². The highest BCUT2D eigenvalue weighted by molar-refractivity contribution is 5.89. The van der Waals surface area contributed by atoms with E-state index in [-0.39, 0.29) is 48.2 Å². The molecule has 0 unspecified atom stereocenters. The van der Waals surface area contributed by atoms with Crippen LogP contribution in [0.5, 0.6) is 5.75 Å². The lowest BCUT2D eigenvalue weighted by molar-refractivity contribution is -0.172. The molecular weight excluding hydrogens is 554 g/mol. The van der Waals surface area contributed by atoms with Gasteiger partial charge < -0.3 is 29.4 Å². The molecule has 6 rings (SSSR count). The smallest absolute Gasteiger partial charge is 0.415 e. The quantitative estimate of drug-likeness (QED) is 0.334. The van der Waals surface area contributed by atoms with Crippen LogP contribution >= 0.6 is 0 Å². The molecule has 2 N–H and O–H groups in total. The van der Waals surface area contributed by atoms with Crippen LogP contribution in [-0.2, 0) is 33.1 Å². The van der Waals surface area contributed by atoms with Crippen molar-refractivity contribution in [2.45, 2.75) is 58.9 Å². The summed E-state index contributed by atoms with van der Waals surface area (Å²) in [5.74, 6) is -0.399. The number of aryl methyl sites for hydroxylation is 1. The Labute approximate surface area is 248 Å². The maximum absolute atomic E-state index is 13.4. The van der Waals surface area contributed by atoms with E-state index in [0.29, 0.717) is 55.4 Å². The third-order valence-electron chi connectivity index (χ3n) is 8.43. The van der Waals surface area contributed by atoms with Gasteiger partial charge in [0.2, 0.25) is 5.91 Å². The van der Waals surface area contributed by atoms with Gasteiger partial charge in [0.15, 0.2) is 5.60 Å². The van der Waals surface area contributed by atoms with Crippen LogP contribution < -0.4 is 15.6 Å². The largest absolute Gasteiger partial charge is 0.458 e. The molecule has 0 spiro atoms. The molecule has 1 saturated heterocycles. The first-order chi connectivity index (χ1) is 20.5. The highest BCUT2D eigenvalue weighted by Gasteiger charge is 2.45. The van der Waals surface area contributed by atoms with Crippen LogP contribution in [-0.4, -0.2) is 81.2 Å². The van der Waals surface area contributed by atoms with Crippen molar-refractivity contribution in [3.05, 3.63) is 56.9 Å². The molecule has 2 aromatic heterocycles. The minimum Gasteiger partial charge on any atom is -0.458 e. The van der Waals surface area contributed by atoms with Crippen molar-refractivity contribution in [3.63, 3.8) is 0 Å². The fourth-order valence-electron chi connectivity index (χ4n) is 6.12. The molecule has 3 aliphatic rings. The number of hydrogen-bond acceptors (Lipinski definition) is 9. The molecule has 12 nitrogen and oxygen atoms in total. The van der Waals surface area contributed by atoms with Crippen LogP contribution in [0.4, 0.5) is 4.79 Å². The number of nitrogens with one attached hydrogen (secondary N) is 1. The monoisotopic (exact) mass is 589 g/mol. The molecule has 1 fully saturated rings. The second kappa shape index (κ2) is 10.8. The number of carbonyl (C=O) groups excluding carboxylic acids is 3. The summed E-state index contributed by atoms with van der Waals surface area (Å²) in [4.78, 5) is 59.5. The molecule has 1 aromatic carbocycles. The summed E-state index contributed by atoms with van der Waals surface area (Å²) in [6.45, 7) is 9.84. The number of benzene rings is 1. The molecule has 12 heteroatoms. The lowest BCUT2D eigenvalue weighted by Gasteiger charge is -2.33. The van der Waals surface area contributed by atoms with E-state index in [1.807, 2.05) is 31.7 Å². The van der Waals surface area contributed by atoms with Crippen LogP contribution in [0.1, 0.15) is 49.4 Å². The predicted molar refractivity (Wildman–Crippen MR) is 157 cm³/mol. The van der Waals surface area contributed by atoms with Crippen molar-refractivity contribution in [1.29, 1.82) is 0 Å². The van der Waals surface area contributed by atoms with Crippen LogP contribution in [0.25, 0.3) is 22.3 Å². The summed E-state index contributed by atoms with van der Waals surface area (Å²) in [6, 6.07) is 7.22. The predicted octanol–water partition coefficient (Wildman–Crippen LogP) is 2.03. The Bertz CT molecular complexity index is 1720. The number of aromatic nitrogens is 2. The highest BCUT2D eigenvalue weighted by Crippen LogP contribution is 2.39. The fraction of sp³-hybridized carbons (Fsp3) is 0.452. The number of pyridine rings is 2. The van der Waals surface area contributed by atoms with Gasteiger partial charge in [-0.05, 0) is 57.0 Å². The molecule has 3 aromatic rings. The Balaban J connectivity index is 1.22. The fourth-order valence-corrected chi connectivity index (χ4v) is 6.12. The average molecular weight is 590 g/mol. The van der Waals surface area contributed by atoms with Crippen LogP contribution in [0, 0.1) is 6.92 Å². The standard InChI is InChI=1S/C31H35N5O7/c1-5-31(41)23-13-24-27-20(14-36(24)28(38)22(23)16-42-29(31)39)11-19-12-21(10-18(4)26(19)33-27)43-30(40)35-8-6-34(7-9-35)15-25(37)32-17(2)3/h10-13,17,41H,5-9,14-16H2,1-4H3,(H,32,37)/t31-/m0/s1. The van der Waals surface area contributed by atoms with E-state index >= 15 is 0 Å². The third kappa shape index (κ3) is 5.04. The normalized spacial score (nSPS) is 19.6. The number of ether oxygens (including phenoxy) is 2. The summed E-state index contributed by atoms with van der Waals surface area (Å²) in [7, 11) is 0. The molecule has 0 aliphatic carbocycles. The number of esters is 1. The number of aliphatic hydroxyl groups is 1. The van der Waals surface area contributed by atoms with Crippen LogP contribution in [0.3, 0.4) is 0 Å². The van der Waals surface area contributed by atoms with Gasteiger partial charge >= 0.3 is 12.1 Å². The first-order valence-corrected chi connectivity index (χ1v) is 14.6. The van der Waals surface area contributed by atoms with Crippen molar-refractivity contribution in [1.82, 2.24) is 24.7 Å². The number of piperazine rings is 1. The minimum absolute atomic E-state index is 0.0306. The molecule has 0 saturated carbocycles. The zero-order valence-electron chi connectivity index (χ0n) is 24.7. The van der Waals surface area contributed by atoms with Gasteiger partial charge in [-0.3, -0.25) is 14.5 Å². The second-order valence-electron chi connectivity index (χ2n) is 11.8. The summed E-state index contributed by atoms with van der Waals surface area (Å²) < 4.78 is 12.5. The topological polar surface area (TPSA) is 143 Å². The van der Waals surface area contributed by atoms with Crippen molar-refractivity contribution in [2.24, 2.45) is 0 Å². The molecule has 3 aliphatic heterocycles. The third-order valence-corrected chi connectivity index (χ3v) is 8.43. The van der Waals surface area contributed by atoms with E-state index in [1.165, 1.54) is 0 Å². The Kier molecular flexibility index (Phi) is 7.21. The van der Waals surface area contributed by atoms with Crippen molar-refractivity contribution >= 4 is 28.9 Å². The van der Waals surface area contributed by atoms with Crippen molar-refractivity contribution in [2.75, 3.05) is 32.7 Å². The van der Waals surface area contributed by atoms with E-state index in [0.717, 1.165) is 16.5 Å². The summed E-state index contributed by atoms with van der Waals surface area (Å²) in [6.07, 6.45) is -0.380. The molecule has 5 heterocycles. The van der Waals surface area contributed by atoms with E-state index in [4.69, 9.17) is 14.5 Å². The molecule has 0 radical (unpaired) electrons. The summed E-state index contributed by atoms with van der Waals surface area (Å²) in [5, 5.41) is 14.7. The minimum atomic E-state index is -1.88. The zero-order chi connectivity index (χ0) is 30.6. The Hall–Kier alpha value is -4.29. The summed E-state index contributed by atoms with van der Waals surface area (Å²) in [5.41, 5.74) is 1.78. The van der Waals surface area contributed by atoms with E-state index in [2.05, 4.69) is 5.32 Å². The molecule has 0 bridgehead atoms. The zero-order valence-corrected chi connectivity index (χ0v) is 24.7. The molecule has 2 amide bonds. The first-order valence-electron chi connectivity index (χ1n) is 14.6. The van der Waals surface area contributed by atoms with Gasteiger partial charge in [0.05, 0.1) is 35.6 Å². The van der Waals surface area contributed by atoms with Gasteiger partial charge in [0.1, 0.15) is 12.4 Å². The highest BCUT2D eigenvalue weighted by atomic mass is 16.6. The molecule has 43 heavy (non-hydrogen) atoms. The number of nitrogens with zero attached hydrogens (tertiary/aromatic N) is 4. The van der Waals surface area contributed by atoms with Gasteiger partial charge in [-0.25, -0.2) is 14.6 Å². The lowest BCUT2D eigenvalue weighted by atomic mass is 9.86. The van der Waals surface area contributed by atoms with Crippen LogP contribution in [0.15, 0.2) is 29.1 Å². The van der Waals surface area contributed by atoms with Gasteiger partial charge in [0, 0.05) is 48.7 Å². The number of hydrogen-bond donors (Lipinski definition) is 2. The Morgan fingerprint density at radius 3 is 2.58 bits per heavy atom. The molecule has 226 valence electrons. The number of amides is 2. The van der Waals surface area contributed by atoms with E-state index in [9.17, 15) is 24.3 Å². The van der Waals surface area contributed by atoms with Gasteiger partial charge in [-0.1, -0.05) is 6.92 Å². The van der Waals surface area contributed by atoms with Gasteiger partial charge in [0.25, 0.3) is 5.56 Å². The second-order valence-corrected chi connectivity index (χ2v) is 11.8. The van der Waals surface area contributed by atoms with Crippen LogP contribution in [0.2, 0.25) is 0 Å². The van der Waals surface area contributed by atoms with Crippen molar-refractivity contribution in [3.8, 4) is 17.1 Å². The molecule has 1 atom stereocenters. The van der Waals surface area contributed by atoms with Gasteiger partial charge in [-0.2, -0.15) is 0 Å². The maximum atomic E-state index is 13.4. The Morgan fingerprint density at radius 2 is 1.88 bits per heavy atom. The number of carbonyl (C=O) groups is 3. The SMILES string of the molecule is CC[C@@]1(O)C(=O)OCc2c1cc1n(c2=O)Cc2cc3cc(OC(=O)N4CCN(CC(=O)NC(C)C)CC4)cc(C)c3nc2-1. The van der Waals surface area contributed by atoms with Crippen molar-refractivity contribution < 1.29 is 29.0 Å². The molecular formula is C31H35N5O7. The number of cyclic esters (lactones) is 1. The Morgan fingerprint density at radius 1 is 1.14 bits per heavy atom. The van der Waals surface area contributed by atoms with Gasteiger partial charge in [-0.15, -0.1) is 0 Å². The maximum Gasteiger partial charge on any atom is 0.415 e. The summed E-state index contributed by atoms with van der Waals surface area (Å²) >= 11 is 0. The average Bonchev–Trinajstić information content (AvgIpc) is 3.32. The lowest BCUT2D eigenvalue weighted by Crippen LogP contribution is -2.52. The first kappa shape index (κ1) is 28.8. The van der Waals surface area contributed by atoms with E-state index in [1.54, 1.807) is 34.6 Å².